The summed E-state index contributed by atoms with van der Waals surface area (Å²) in [5.41, 5.74) is 0.605. The standard InChI is InChI=1S/C16H22N2O5/c1-21-12-4-5-13(14(10-12)22-2)17-15(19)11-6-8-18(9-7-11)16(20)23-3/h4-5,10-11H,6-9H2,1-3H3,(H,17,19). The molecule has 2 rings (SSSR count). The Bertz CT molecular complexity index is 568. The molecule has 7 heteroatoms. The molecule has 0 aliphatic carbocycles. The normalized spacial score (nSPS) is 15.0. The topological polar surface area (TPSA) is 77.1 Å². The smallest absolute Gasteiger partial charge is 0.409 e. The first-order chi connectivity index (χ1) is 11.1. The SMILES string of the molecule is COC(=O)N1CCC(C(=O)Nc2ccc(OC)cc2OC)CC1. The molecule has 1 aromatic rings. The molecule has 1 saturated heterocycles. The van der Waals surface area contributed by atoms with Crippen LogP contribution >= 0.6 is 0 Å². The Hall–Kier alpha value is -2.44. The highest BCUT2D eigenvalue weighted by Gasteiger charge is 2.28. The summed E-state index contributed by atoms with van der Waals surface area (Å²) in [6.45, 7) is 1.04. The molecule has 0 radical (unpaired) electrons. The zero-order valence-corrected chi connectivity index (χ0v) is 13.6. The molecule has 0 aromatic heterocycles. The van der Waals surface area contributed by atoms with Crippen LogP contribution in [0.5, 0.6) is 11.5 Å². The van der Waals surface area contributed by atoms with Gasteiger partial charge in [0.25, 0.3) is 0 Å². The van der Waals surface area contributed by atoms with Gasteiger partial charge < -0.3 is 24.4 Å². The number of benzene rings is 1. The van der Waals surface area contributed by atoms with Crippen LogP contribution in [0.4, 0.5) is 10.5 Å². The molecule has 1 N–H and O–H groups in total. The Kier molecular flexibility index (Phi) is 5.67. The van der Waals surface area contributed by atoms with E-state index in [4.69, 9.17) is 14.2 Å². The predicted octanol–water partition coefficient (Wildman–Crippen LogP) is 2.12. The predicted molar refractivity (Wildman–Crippen MR) is 84.9 cm³/mol. The van der Waals surface area contributed by atoms with Crippen molar-refractivity contribution < 1.29 is 23.8 Å². The summed E-state index contributed by atoms with van der Waals surface area (Å²) in [5.74, 6) is 0.997. The van der Waals surface area contributed by atoms with Gasteiger partial charge in [-0.3, -0.25) is 4.79 Å². The number of piperidine rings is 1. The zero-order chi connectivity index (χ0) is 16.8. The number of amides is 2. The van der Waals surface area contributed by atoms with Crippen molar-refractivity contribution in [1.29, 1.82) is 0 Å². The molecule has 0 spiro atoms. The summed E-state index contributed by atoms with van der Waals surface area (Å²) in [6.07, 6.45) is 0.874. The Labute approximate surface area is 135 Å². The van der Waals surface area contributed by atoms with Crippen LogP contribution in [0, 0.1) is 5.92 Å². The maximum absolute atomic E-state index is 12.4. The second-order valence-corrected chi connectivity index (χ2v) is 5.29. The van der Waals surface area contributed by atoms with Crippen molar-refractivity contribution in [1.82, 2.24) is 4.90 Å². The Balaban J connectivity index is 1.96. The van der Waals surface area contributed by atoms with Gasteiger partial charge in [-0.05, 0) is 25.0 Å². The van der Waals surface area contributed by atoms with Gasteiger partial charge in [-0.15, -0.1) is 0 Å². The van der Waals surface area contributed by atoms with Crippen LogP contribution in [0.15, 0.2) is 18.2 Å². The highest BCUT2D eigenvalue weighted by molar-refractivity contribution is 5.94. The van der Waals surface area contributed by atoms with E-state index in [0.717, 1.165) is 0 Å². The molecule has 23 heavy (non-hydrogen) atoms. The number of ether oxygens (including phenoxy) is 3. The van der Waals surface area contributed by atoms with Gasteiger partial charge in [-0.2, -0.15) is 0 Å². The quantitative estimate of drug-likeness (QED) is 0.919. The molecular weight excluding hydrogens is 300 g/mol. The number of carbonyl (C=O) groups excluding carboxylic acids is 2. The number of carbonyl (C=O) groups is 2. The van der Waals surface area contributed by atoms with Gasteiger partial charge in [0.05, 0.1) is 27.0 Å². The summed E-state index contributed by atoms with van der Waals surface area (Å²) in [6, 6.07) is 5.23. The average molecular weight is 322 g/mol. The van der Waals surface area contributed by atoms with Crippen LogP contribution in [-0.2, 0) is 9.53 Å². The number of nitrogens with zero attached hydrogens (tertiary/aromatic N) is 1. The molecule has 0 saturated carbocycles. The molecule has 7 nitrogen and oxygen atoms in total. The molecule has 1 aromatic carbocycles. The fourth-order valence-corrected chi connectivity index (χ4v) is 2.59. The summed E-state index contributed by atoms with van der Waals surface area (Å²) in [5, 5.41) is 2.89. The first-order valence-corrected chi connectivity index (χ1v) is 7.44. The fraction of sp³-hybridized carbons (Fsp3) is 0.500. The lowest BCUT2D eigenvalue weighted by molar-refractivity contribution is -0.121. The zero-order valence-electron chi connectivity index (χ0n) is 13.6. The van der Waals surface area contributed by atoms with Crippen molar-refractivity contribution in [3.8, 4) is 11.5 Å². The number of rotatable bonds is 4. The molecule has 2 amide bonds. The number of hydrogen-bond acceptors (Lipinski definition) is 5. The van der Waals surface area contributed by atoms with E-state index in [1.807, 2.05) is 0 Å². The molecule has 1 heterocycles. The Morgan fingerprint density at radius 3 is 2.39 bits per heavy atom. The number of likely N-dealkylation sites (tertiary alicyclic amines) is 1. The molecule has 0 atom stereocenters. The molecule has 1 aliphatic rings. The molecular formula is C16H22N2O5. The number of anilines is 1. The number of nitrogens with one attached hydrogen (secondary N) is 1. The second-order valence-electron chi connectivity index (χ2n) is 5.29. The first-order valence-electron chi connectivity index (χ1n) is 7.44. The third-order valence-corrected chi connectivity index (χ3v) is 3.97. The van der Waals surface area contributed by atoms with E-state index in [1.165, 1.54) is 7.11 Å². The highest BCUT2D eigenvalue weighted by Crippen LogP contribution is 2.30. The maximum atomic E-state index is 12.4. The number of methoxy groups -OCH3 is 3. The van der Waals surface area contributed by atoms with Crippen LogP contribution in [0.3, 0.4) is 0 Å². The van der Waals surface area contributed by atoms with E-state index in [2.05, 4.69) is 5.32 Å². The second kappa shape index (κ2) is 7.71. The van der Waals surface area contributed by atoms with E-state index >= 15 is 0 Å². The van der Waals surface area contributed by atoms with E-state index in [0.29, 0.717) is 43.1 Å². The van der Waals surface area contributed by atoms with Gasteiger partial charge in [-0.1, -0.05) is 0 Å². The van der Waals surface area contributed by atoms with Gasteiger partial charge in [0, 0.05) is 25.1 Å². The van der Waals surface area contributed by atoms with Gasteiger partial charge in [0.2, 0.25) is 5.91 Å². The van der Waals surface area contributed by atoms with Gasteiger partial charge >= 0.3 is 6.09 Å². The number of hydrogen-bond donors (Lipinski definition) is 1. The lowest BCUT2D eigenvalue weighted by atomic mass is 9.96. The summed E-state index contributed by atoms with van der Waals surface area (Å²) >= 11 is 0. The largest absolute Gasteiger partial charge is 0.497 e. The van der Waals surface area contributed by atoms with Crippen LogP contribution in [0.2, 0.25) is 0 Å². The van der Waals surface area contributed by atoms with Gasteiger partial charge in [0.15, 0.2) is 0 Å². The summed E-state index contributed by atoms with van der Waals surface area (Å²) in [7, 11) is 4.47. The van der Waals surface area contributed by atoms with E-state index in [-0.39, 0.29) is 17.9 Å². The lowest BCUT2D eigenvalue weighted by Gasteiger charge is -2.30. The monoisotopic (exact) mass is 322 g/mol. The summed E-state index contributed by atoms with van der Waals surface area (Å²) in [4.78, 5) is 25.5. The van der Waals surface area contributed by atoms with Crippen molar-refractivity contribution in [2.75, 3.05) is 39.7 Å². The Morgan fingerprint density at radius 1 is 1.13 bits per heavy atom. The highest BCUT2D eigenvalue weighted by atomic mass is 16.5. The molecule has 126 valence electrons. The van der Waals surface area contributed by atoms with Crippen molar-refractivity contribution >= 4 is 17.7 Å². The third-order valence-electron chi connectivity index (χ3n) is 3.97. The van der Waals surface area contributed by atoms with Crippen LogP contribution < -0.4 is 14.8 Å². The minimum absolute atomic E-state index is 0.0713. The Morgan fingerprint density at radius 2 is 1.83 bits per heavy atom. The lowest BCUT2D eigenvalue weighted by Crippen LogP contribution is -2.41. The third kappa shape index (κ3) is 4.06. The first kappa shape index (κ1) is 16.9. The van der Waals surface area contributed by atoms with Crippen LogP contribution in [-0.4, -0.2) is 51.3 Å². The molecule has 0 unspecified atom stereocenters. The fourth-order valence-electron chi connectivity index (χ4n) is 2.59. The molecule has 1 fully saturated rings. The van der Waals surface area contributed by atoms with E-state index in [9.17, 15) is 9.59 Å². The van der Waals surface area contributed by atoms with Crippen molar-refractivity contribution in [3.63, 3.8) is 0 Å². The van der Waals surface area contributed by atoms with Crippen molar-refractivity contribution in [3.05, 3.63) is 18.2 Å². The van der Waals surface area contributed by atoms with Crippen molar-refractivity contribution in [2.45, 2.75) is 12.8 Å². The minimum atomic E-state index is -0.347. The van der Waals surface area contributed by atoms with Gasteiger partial charge in [0.1, 0.15) is 11.5 Å². The van der Waals surface area contributed by atoms with Crippen LogP contribution in [0.1, 0.15) is 12.8 Å². The molecule has 0 bridgehead atoms. The summed E-state index contributed by atoms with van der Waals surface area (Å²) < 4.78 is 15.1. The van der Waals surface area contributed by atoms with E-state index < -0.39 is 0 Å². The van der Waals surface area contributed by atoms with Crippen molar-refractivity contribution in [2.24, 2.45) is 5.92 Å². The van der Waals surface area contributed by atoms with Crippen LogP contribution in [0.25, 0.3) is 0 Å². The maximum Gasteiger partial charge on any atom is 0.409 e. The average Bonchev–Trinajstić information content (AvgIpc) is 2.61. The minimum Gasteiger partial charge on any atom is -0.497 e. The van der Waals surface area contributed by atoms with E-state index in [1.54, 1.807) is 37.3 Å². The molecule has 1 aliphatic heterocycles. The van der Waals surface area contributed by atoms with Gasteiger partial charge in [-0.25, -0.2) is 4.79 Å².